The highest BCUT2D eigenvalue weighted by Gasteiger charge is 2.24. The molecule has 4 aromatic rings. The van der Waals surface area contributed by atoms with Gasteiger partial charge in [0.15, 0.2) is 5.82 Å². The van der Waals surface area contributed by atoms with Gasteiger partial charge in [0.2, 0.25) is 5.95 Å². The number of para-hydroxylation sites is 1. The predicted octanol–water partition coefficient (Wildman–Crippen LogP) is 4.23. The molecule has 10 nitrogen and oxygen atoms in total. The Bertz CT molecular complexity index is 1400. The molecule has 0 fully saturated rings. The van der Waals surface area contributed by atoms with Crippen molar-refractivity contribution in [2.45, 2.75) is 20.0 Å². The van der Waals surface area contributed by atoms with Crippen molar-refractivity contribution in [2.75, 3.05) is 24.7 Å². The van der Waals surface area contributed by atoms with Gasteiger partial charge in [-0.25, -0.2) is 4.39 Å². The Kier molecular flexibility index (Phi) is 8.11. The molecule has 3 heterocycles. The molecule has 194 valence electrons. The van der Waals surface area contributed by atoms with E-state index in [0.29, 0.717) is 28.6 Å². The van der Waals surface area contributed by atoms with Gasteiger partial charge in [0, 0.05) is 23.7 Å². The largest absolute Gasteiger partial charge is 0.494 e. The van der Waals surface area contributed by atoms with Gasteiger partial charge in [0.1, 0.15) is 29.1 Å². The third-order valence-corrected chi connectivity index (χ3v) is 7.20. The zero-order chi connectivity index (χ0) is 26.5. The molecule has 37 heavy (non-hydrogen) atoms. The number of aryl methyl sites for hydroxylation is 1. The van der Waals surface area contributed by atoms with Crippen LogP contribution < -0.4 is 14.2 Å². The van der Waals surface area contributed by atoms with Crippen LogP contribution in [0.4, 0.5) is 10.3 Å². The lowest BCUT2D eigenvalue weighted by Gasteiger charge is -2.20. The van der Waals surface area contributed by atoms with E-state index < -0.39 is 22.6 Å². The first-order valence-corrected chi connectivity index (χ1v) is 12.6. The van der Waals surface area contributed by atoms with E-state index >= 15 is 0 Å². The Hall–Kier alpha value is -3.87. The highest BCUT2D eigenvalue weighted by Crippen LogP contribution is 2.38. The predicted molar refractivity (Wildman–Crippen MR) is 141 cm³/mol. The number of pyridine rings is 2. The van der Waals surface area contributed by atoms with Crippen LogP contribution in [0.1, 0.15) is 24.3 Å². The highest BCUT2D eigenvalue weighted by atomic mass is 32.2. The first kappa shape index (κ1) is 26.2. The third-order valence-electron chi connectivity index (χ3n) is 5.41. The molecule has 1 aromatic carbocycles. The van der Waals surface area contributed by atoms with Crippen LogP contribution in [0.3, 0.4) is 0 Å². The fourth-order valence-electron chi connectivity index (χ4n) is 3.65. The second kappa shape index (κ2) is 11.5. The smallest absolute Gasteiger partial charge is 0.239 e. The van der Waals surface area contributed by atoms with Gasteiger partial charge in [0.05, 0.1) is 31.2 Å². The highest BCUT2D eigenvalue weighted by molar-refractivity contribution is 8.16. The van der Waals surface area contributed by atoms with Gasteiger partial charge in [-0.05, 0) is 49.7 Å². The Morgan fingerprint density at radius 2 is 1.84 bits per heavy atom. The zero-order valence-electron chi connectivity index (χ0n) is 20.7. The monoisotopic (exact) mass is 526 g/mol. The van der Waals surface area contributed by atoms with Crippen molar-refractivity contribution in [3.8, 4) is 28.6 Å². The van der Waals surface area contributed by atoms with Crippen molar-refractivity contribution in [1.29, 1.82) is 0 Å². The lowest BCUT2D eigenvalue weighted by molar-refractivity contribution is 0.199. The normalized spacial score (nSPS) is 13.1. The molecule has 0 aliphatic carbocycles. The number of nitrogens with one attached hydrogen (secondary N) is 1. The van der Waals surface area contributed by atoms with Crippen LogP contribution in [0, 0.1) is 12.7 Å². The van der Waals surface area contributed by atoms with Gasteiger partial charge in [-0.1, -0.05) is 16.7 Å². The number of benzene rings is 1. The van der Waals surface area contributed by atoms with Gasteiger partial charge < -0.3 is 24.4 Å². The number of anilines is 1. The van der Waals surface area contributed by atoms with E-state index in [1.165, 1.54) is 19.1 Å². The van der Waals surface area contributed by atoms with E-state index in [-0.39, 0.29) is 22.4 Å². The SMILES string of the molecule is COc1cccc(OC)c1-n1c(N/S(C[C@@H](O)c2ccc(F)cn2)=C(\C)O)nnc1-c1cncc(C)c1. The summed E-state index contributed by atoms with van der Waals surface area (Å²) in [5.74, 6) is 1.29. The van der Waals surface area contributed by atoms with Gasteiger partial charge in [0.25, 0.3) is 0 Å². The van der Waals surface area contributed by atoms with Crippen LogP contribution in [-0.2, 0) is 0 Å². The lowest BCUT2D eigenvalue weighted by atomic mass is 10.2. The maximum Gasteiger partial charge on any atom is 0.239 e. The molecule has 0 saturated carbocycles. The summed E-state index contributed by atoms with van der Waals surface area (Å²) in [5, 5.41) is 30.0. The minimum absolute atomic E-state index is 0.0291. The van der Waals surface area contributed by atoms with Crippen LogP contribution in [0.15, 0.2) is 55.0 Å². The maximum atomic E-state index is 13.3. The van der Waals surface area contributed by atoms with Crippen LogP contribution in [0.2, 0.25) is 0 Å². The summed E-state index contributed by atoms with van der Waals surface area (Å²) in [6.45, 7) is 3.45. The maximum absolute atomic E-state index is 13.3. The number of methoxy groups -OCH3 is 2. The number of aromatic nitrogens is 5. The Balaban J connectivity index is 1.82. The Labute approximate surface area is 215 Å². The molecule has 0 bridgehead atoms. The first-order chi connectivity index (χ1) is 17.8. The van der Waals surface area contributed by atoms with Crippen molar-refractivity contribution >= 4 is 21.7 Å². The van der Waals surface area contributed by atoms with Crippen molar-refractivity contribution in [2.24, 2.45) is 0 Å². The fraction of sp³-hybridized carbons (Fsp3) is 0.240. The summed E-state index contributed by atoms with van der Waals surface area (Å²) in [6, 6.07) is 9.92. The molecular formula is C25H27FN6O4S. The van der Waals surface area contributed by atoms with Crippen LogP contribution >= 0.6 is 10.7 Å². The quantitative estimate of drug-likeness (QED) is 0.275. The molecule has 0 spiro atoms. The summed E-state index contributed by atoms with van der Waals surface area (Å²) >= 11 is 0. The zero-order valence-corrected chi connectivity index (χ0v) is 21.5. The van der Waals surface area contributed by atoms with Crippen LogP contribution in [0.25, 0.3) is 17.1 Å². The molecule has 0 amide bonds. The minimum Gasteiger partial charge on any atom is -0.494 e. The average molecular weight is 527 g/mol. The van der Waals surface area contributed by atoms with Crippen molar-refractivity contribution in [3.63, 3.8) is 0 Å². The lowest BCUT2D eigenvalue weighted by Crippen LogP contribution is -2.13. The fourth-order valence-corrected chi connectivity index (χ4v) is 4.96. The molecule has 1 unspecified atom stereocenters. The Morgan fingerprint density at radius 3 is 2.43 bits per heavy atom. The summed E-state index contributed by atoms with van der Waals surface area (Å²) in [7, 11) is 2.00. The van der Waals surface area contributed by atoms with E-state index in [1.807, 2.05) is 13.0 Å². The summed E-state index contributed by atoms with van der Waals surface area (Å²) in [5.41, 5.74) is 2.45. The van der Waals surface area contributed by atoms with Gasteiger partial charge in [-0.2, -0.15) is 0 Å². The Morgan fingerprint density at radius 1 is 1.11 bits per heavy atom. The minimum atomic E-state index is -1.09. The van der Waals surface area contributed by atoms with E-state index in [9.17, 15) is 14.6 Å². The summed E-state index contributed by atoms with van der Waals surface area (Å²) < 4.78 is 29.5. The number of hydrogen-bond donors (Lipinski definition) is 3. The molecule has 3 aromatic heterocycles. The van der Waals surface area contributed by atoms with Gasteiger partial charge in [-0.3, -0.25) is 14.5 Å². The molecule has 0 aliphatic rings. The summed E-state index contributed by atoms with van der Waals surface area (Å²) in [6.07, 6.45) is 3.37. The second-order valence-corrected chi connectivity index (χ2v) is 9.95. The van der Waals surface area contributed by atoms with Gasteiger partial charge in [-0.15, -0.1) is 10.2 Å². The number of halogens is 1. The van der Waals surface area contributed by atoms with E-state index in [2.05, 4.69) is 24.9 Å². The van der Waals surface area contributed by atoms with E-state index in [1.54, 1.807) is 49.4 Å². The number of hydrogen-bond acceptors (Lipinski definition) is 8. The summed E-state index contributed by atoms with van der Waals surface area (Å²) in [4.78, 5) is 8.23. The molecule has 0 radical (unpaired) electrons. The van der Waals surface area contributed by atoms with Crippen molar-refractivity contribution in [3.05, 3.63) is 72.1 Å². The first-order valence-electron chi connectivity index (χ1n) is 11.2. The van der Waals surface area contributed by atoms with Crippen molar-refractivity contribution in [1.82, 2.24) is 24.7 Å². The number of rotatable bonds is 9. The topological polar surface area (TPSA) is 127 Å². The van der Waals surface area contributed by atoms with E-state index in [4.69, 9.17) is 9.47 Å². The number of aliphatic hydroxyl groups is 2. The number of nitrogens with zero attached hydrogens (tertiary/aromatic N) is 5. The van der Waals surface area contributed by atoms with Gasteiger partial charge >= 0.3 is 0 Å². The molecular weight excluding hydrogens is 499 g/mol. The molecule has 4 rings (SSSR count). The standard InChI is InChI=1S/C25H27FN6O4S/c1-15-10-17(12-27-11-15)24-29-30-25(32(24)23-21(35-3)6-5-7-22(23)36-4)31-37(16(2)33)14-20(34)19-9-8-18(26)13-28-19/h5-13,20,33-34H,14H2,1-4H3,(H,30,31)/t20-,37?/m1/s1. The van der Waals surface area contributed by atoms with Crippen molar-refractivity contribution < 1.29 is 24.1 Å². The number of aliphatic hydroxyl groups excluding tert-OH is 2. The van der Waals surface area contributed by atoms with Crippen LogP contribution in [0.5, 0.6) is 11.5 Å². The van der Waals surface area contributed by atoms with E-state index in [0.717, 1.165) is 11.8 Å². The molecule has 0 aliphatic heterocycles. The van der Waals surface area contributed by atoms with Crippen LogP contribution in [-0.4, -0.2) is 60.0 Å². The molecule has 3 N–H and O–H groups in total. The second-order valence-electron chi connectivity index (χ2n) is 8.04. The third kappa shape index (κ3) is 5.77. The molecule has 12 heteroatoms. The average Bonchev–Trinajstić information content (AvgIpc) is 3.31. The molecule has 2 atom stereocenters. The number of ether oxygens (including phenoxy) is 2. The molecule has 0 saturated heterocycles.